The van der Waals surface area contributed by atoms with Gasteiger partial charge >= 0.3 is 0 Å². The van der Waals surface area contributed by atoms with E-state index in [9.17, 15) is 0 Å². The zero-order chi connectivity index (χ0) is 18.4. The Morgan fingerprint density at radius 2 is 1.15 bits per heavy atom. The van der Waals surface area contributed by atoms with Gasteiger partial charge in [-0.15, -0.1) is 11.3 Å². The summed E-state index contributed by atoms with van der Waals surface area (Å²) in [5.74, 6) is 1.73. The quantitative estimate of drug-likeness (QED) is 0.401. The van der Waals surface area contributed by atoms with Crippen LogP contribution in [0, 0.1) is 0 Å². The fourth-order valence-electron chi connectivity index (χ4n) is 3.49. The van der Waals surface area contributed by atoms with Crippen LogP contribution in [0.4, 0.5) is 0 Å². The predicted molar refractivity (Wildman–Crippen MR) is 112 cm³/mol. The molecule has 2 N–H and O–H groups in total. The van der Waals surface area contributed by atoms with E-state index in [0.717, 1.165) is 22.5 Å². The van der Waals surface area contributed by atoms with E-state index in [2.05, 4.69) is 58.8 Å². The van der Waals surface area contributed by atoms with Crippen molar-refractivity contribution in [3.63, 3.8) is 0 Å². The minimum atomic E-state index is 0.865. The maximum Gasteiger partial charge on any atom is 0.119 e. The number of rotatable bonds is 4. The molecule has 5 rings (SSSR count). The Morgan fingerprint density at radius 1 is 0.667 bits per heavy atom. The van der Waals surface area contributed by atoms with Crippen molar-refractivity contribution in [3.8, 4) is 32.4 Å². The highest BCUT2D eigenvalue weighted by molar-refractivity contribution is 7.19. The van der Waals surface area contributed by atoms with Gasteiger partial charge in [0.25, 0.3) is 0 Å². The summed E-state index contributed by atoms with van der Waals surface area (Å²) >= 11 is 1.78. The van der Waals surface area contributed by atoms with Crippen molar-refractivity contribution in [2.75, 3.05) is 14.2 Å². The summed E-state index contributed by atoms with van der Waals surface area (Å²) in [5.41, 5.74) is 4.60. The Labute approximate surface area is 160 Å². The lowest BCUT2D eigenvalue weighted by molar-refractivity contribution is 0.415. The van der Waals surface area contributed by atoms with Gasteiger partial charge in [-0.25, -0.2) is 0 Å². The number of methoxy groups -OCH3 is 2. The van der Waals surface area contributed by atoms with E-state index in [1.54, 1.807) is 25.6 Å². The molecule has 0 saturated carbocycles. The van der Waals surface area contributed by atoms with E-state index in [0.29, 0.717) is 0 Å². The second-order valence-electron chi connectivity index (χ2n) is 6.39. The molecule has 4 nitrogen and oxygen atoms in total. The van der Waals surface area contributed by atoms with Crippen LogP contribution in [0.3, 0.4) is 0 Å². The SMILES string of the molecule is COc1ccc2[nH]cc(-c3ccc(-c4c[nH]c5ccc(OC)cc45)s3)c2c1. The van der Waals surface area contributed by atoms with Crippen molar-refractivity contribution in [3.05, 3.63) is 60.9 Å². The van der Waals surface area contributed by atoms with Crippen LogP contribution >= 0.6 is 11.3 Å². The molecule has 3 heterocycles. The highest BCUT2D eigenvalue weighted by Crippen LogP contribution is 2.41. The van der Waals surface area contributed by atoms with Crippen LogP contribution in [0.1, 0.15) is 0 Å². The van der Waals surface area contributed by atoms with Crippen LogP contribution in [0.25, 0.3) is 42.7 Å². The molecule has 0 unspecified atom stereocenters. The summed E-state index contributed by atoms with van der Waals surface area (Å²) in [6, 6.07) is 16.6. The average molecular weight is 374 g/mol. The van der Waals surface area contributed by atoms with Crippen molar-refractivity contribution >= 4 is 33.1 Å². The van der Waals surface area contributed by atoms with Crippen molar-refractivity contribution in [2.45, 2.75) is 0 Å². The molecule has 2 aromatic carbocycles. The van der Waals surface area contributed by atoms with E-state index in [1.165, 1.54) is 31.7 Å². The maximum atomic E-state index is 5.39. The molecule has 0 fully saturated rings. The fourth-order valence-corrected chi connectivity index (χ4v) is 4.56. The first-order valence-electron chi connectivity index (χ1n) is 8.67. The van der Waals surface area contributed by atoms with Crippen molar-refractivity contribution in [1.29, 1.82) is 0 Å². The molecule has 5 heteroatoms. The van der Waals surface area contributed by atoms with Gasteiger partial charge in [0, 0.05) is 55.1 Å². The van der Waals surface area contributed by atoms with Crippen LogP contribution in [-0.4, -0.2) is 24.2 Å². The zero-order valence-electron chi connectivity index (χ0n) is 15.0. The normalized spacial score (nSPS) is 11.3. The molecule has 0 amide bonds. The molecule has 27 heavy (non-hydrogen) atoms. The van der Waals surface area contributed by atoms with Gasteiger partial charge < -0.3 is 19.4 Å². The lowest BCUT2D eigenvalue weighted by Gasteiger charge is -2.01. The van der Waals surface area contributed by atoms with E-state index in [-0.39, 0.29) is 0 Å². The number of aromatic amines is 2. The third-order valence-electron chi connectivity index (χ3n) is 4.91. The van der Waals surface area contributed by atoms with E-state index in [4.69, 9.17) is 9.47 Å². The summed E-state index contributed by atoms with van der Waals surface area (Å²) in [5, 5.41) is 2.34. The van der Waals surface area contributed by atoms with Crippen molar-refractivity contribution in [2.24, 2.45) is 0 Å². The Hall–Kier alpha value is -3.18. The lowest BCUT2D eigenvalue weighted by Crippen LogP contribution is -1.81. The van der Waals surface area contributed by atoms with Gasteiger partial charge in [0.1, 0.15) is 11.5 Å². The number of thiophene rings is 1. The Kier molecular flexibility index (Phi) is 3.69. The number of nitrogens with one attached hydrogen (secondary N) is 2. The third kappa shape index (κ3) is 2.59. The largest absolute Gasteiger partial charge is 0.497 e. The summed E-state index contributed by atoms with van der Waals surface area (Å²) < 4.78 is 10.8. The Balaban J connectivity index is 1.61. The van der Waals surface area contributed by atoms with Gasteiger partial charge in [0.15, 0.2) is 0 Å². The molecular weight excluding hydrogens is 356 g/mol. The third-order valence-corrected chi connectivity index (χ3v) is 6.07. The number of hydrogen-bond donors (Lipinski definition) is 2. The van der Waals surface area contributed by atoms with Crippen molar-refractivity contribution < 1.29 is 9.47 Å². The van der Waals surface area contributed by atoms with Crippen LogP contribution in [0.2, 0.25) is 0 Å². The molecule has 3 aromatic heterocycles. The number of H-pyrrole nitrogens is 2. The minimum absolute atomic E-state index is 0.865. The molecule has 0 aliphatic carbocycles. The number of ether oxygens (including phenoxy) is 2. The molecule has 0 saturated heterocycles. The van der Waals surface area contributed by atoms with Gasteiger partial charge in [-0.1, -0.05) is 0 Å². The minimum Gasteiger partial charge on any atom is -0.497 e. The number of hydrogen-bond acceptors (Lipinski definition) is 3. The van der Waals surface area contributed by atoms with Gasteiger partial charge in [-0.05, 0) is 48.5 Å². The number of fused-ring (bicyclic) bond motifs is 2. The molecule has 0 spiro atoms. The number of aromatic nitrogens is 2. The first kappa shape index (κ1) is 16.0. The summed E-state index contributed by atoms with van der Waals surface area (Å²) in [7, 11) is 3.39. The van der Waals surface area contributed by atoms with Crippen LogP contribution in [0.5, 0.6) is 11.5 Å². The summed E-state index contributed by atoms with van der Waals surface area (Å²) in [4.78, 5) is 9.16. The molecule has 0 radical (unpaired) electrons. The highest BCUT2D eigenvalue weighted by atomic mass is 32.1. The molecule has 0 aliphatic rings. The van der Waals surface area contributed by atoms with Crippen LogP contribution < -0.4 is 9.47 Å². The van der Waals surface area contributed by atoms with Gasteiger partial charge in [-0.3, -0.25) is 0 Å². The smallest absolute Gasteiger partial charge is 0.119 e. The molecule has 5 aromatic rings. The lowest BCUT2D eigenvalue weighted by atomic mass is 10.1. The standard InChI is InChI=1S/C22H18N2O2S/c1-25-13-3-5-19-15(9-13)17(11-23-19)21-7-8-22(27-21)18-12-24-20-6-4-14(26-2)10-16(18)20/h3-12,23-24H,1-2H3. The molecule has 0 aliphatic heterocycles. The van der Waals surface area contributed by atoms with Gasteiger partial charge in [-0.2, -0.15) is 0 Å². The first-order chi connectivity index (χ1) is 13.3. The Morgan fingerprint density at radius 3 is 1.59 bits per heavy atom. The zero-order valence-corrected chi connectivity index (χ0v) is 15.8. The summed E-state index contributed by atoms with van der Waals surface area (Å²) in [6.45, 7) is 0. The number of benzene rings is 2. The van der Waals surface area contributed by atoms with Crippen molar-refractivity contribution in [1.82, 2.24) is 9.97 Å². The molecule has 0 atom stereocenters. The van der Waals surface area contributed by atoms with E-state index >= 15 is 0 Å². The second kappa shape index (κ2) is 6.21. The first-order valence-corrected chi connectivity index (χ1v) is 9.49. The van der Waals surface area contributed by atoms with Gasteiger partial charge in [0.05, 0.1) is 14.2 Å². The highest BCUT2D eigenvalue weighted by Gasteiger charge is 2.13. The Bertz CT molecular complexity index is 1170. The van der Waals surface area contributed by atoms with E-state index < -0.39 is 0 Å². The van der Waals surface area contributed by atoms with Crippen LogP contribution in [0.15, 0.2) is 60.9 Å². The molecule has 134 valence electrons. The topological polar surface area (TPSA) is 50.0 Å². The predicted octanol–water partition coefficient (Wildman–Crippen LogP) is 6.06. The van der Waals surface area contributed by atoms with Crippen LogP contribution in [-0.2, 0) is 0 Å². The monoisotopic (exact) mass is 374 g/mol. The fraction of sp³-hybridized carbons (Fsp3) is 0.0909. The van der Waals surface area contributed by atoms with Gasteiger partial charge in [0.2, 0.25) is 0 Å². The molecular formula is C22H18N2O2S. The molecule has 0 bridgehead atoms. The maximum absolute atomic E-state index is 5.39. The van der Waals surface area contributed by atoms with E-state index in [1.807, 2.05) is 12.1 Å². The average Bonchev–Trinajstić information content (AvgIpc) is 3.43. The summed E-state index contributed by atoms with van der Waals surface area (Å²) in [6.07, 6.45) is 4.13. The second-order valence-corrected chi connectivity index (χ2v) is 7.48.